The minimum Gasteiger partial charge on any atom is -0.435 e. The lowest BCUT2D eigenvalue weighted by Gasteiger charge is -2.32. The maximum atomic E-state index is 12.5. The summed E-state index contributed by atoms with van der Waals surface area (Å²) in [6.07, 6.45) is 3.76. The normalized spacial score (nSPS) is 15.2. The van der Waals surface area contributed by atoms with Crippen LogP contribution in [0.5, 0.6) is 5.75 Å². The number of rotatable bonds is 8. The number of carbonyl (C=O) groups excluding carboxylic acids is 1. The van der Waals surface area contributed by atoms with Gasteiger partial charge in [0.2, 0.25) is 0 Å². The van der Waals surface area contributed by atoms with Crippen molar-refractivity contribution in [2.75, 3.05) is 33.7 Å². The standard InChI is InChI=1S/C24H28BrClF2N2O2/c1-29(2)23(31)19-12-17(13-20(26)14-19)7-10-30-8-5-16(6-9-30)11-18-15-21(32-24(27)28)3-4-22(18)25/h3-4,12-16,24H,5-11H2,1-2H3. The SMILES string of the molecule is CN(C)C(=O)c1cc(Cl)cc(CCN2CCC(Cc3cc(OC(F)F)ccc3Br)CC2)c1. The van der Waals surface area contributed by atoms with Gasteiger partial charge in [0, 0.05) is 35.7 Å². The molecule has 0 aliphatic carbocycles. The molecule has 0 bridgehead atoms. The minimum atomic E-state index is -2.82. The monoisotopic (exact) mass is 528 g/mol. The zero-order valence-corrected chi connectivity index (χ0v) is 20.6. The molecule has 1 aliphatic heterocycles. The Kier molecular flexibility index (Phi) is 8.91. The second-order valence-electron chi connectivity index (χ2n) is 8.42. The predicted octanol–water partition coefficient (Wildman–Crippen LogP) is 5.90. The number of likely N-dealkylation sites (tertiary alicyclic amines) is 1. The lowest BCUT2D eigenvalue weighted by Crippen LogP contribution is -2.35. The highest BCUT2D eigenvalue weighted by Gasteiger charge is 2.21. The smallest absolute Gasteiger partial charge is 0.387 e. The van der Waals surface area contributed by atoms with Crippen molar-refractivity contribution in [2.24, 2.45) is 5.92 Å². The van der Waals surface area contributed by atoms with E-state index in [0.717, 1.165) is 60.9 Å². The molecule has 0 N–H and O–H groups in total. The first-order valence-electron chi connectivity index (χ1n) is 10.7. The fraction of sp³-hybridized carbons (Fsp3) is 0.458. The van der Waals surface area contributed by atoms with Crippen molar-refractivity contribution in [3.63, 3.8) is 0 Å². The third-order valence-corrected chi connectivity index (χ3v) is 6.78. The van der Waals surface area contributed by atoms with E-state index in [-0.39, 0.29) is 11.7 Å². The molecule has 0 unspecified atom stereocenters. The molecule has 1 amide bonds. The zero-order chi connectivity index (χ0) is 23.3. The van der Waals surface area contributed by atoms with Crippen molar-refractivity contribution in [2.45, 2.75) is 32.3 Å². The summed E-state index contributed by atoms with van der Waals surface area (Å²) in [6.45, 7) is 0.0623. The molecule has 1 heterocycles. The van der Waals surface area contributed by atoms with Crippen molar-refractivity contribution in [1.82, 2.24) is 9.80 Å². The maximum absolute atomic E-state index is 12.5. The molecule has 8 heteroatoms. The van der Waals surface area contributed by atoms with E-state index < -0.39 is 6.61 Å². The van der Waals surface area contributed by atoms with Crippen LogP contribution in [-0.4, -0.2) is 56.0 Å². The van der Waals surface area contributed by atoms with Gasteiger partial charge in [-0.15, -0.1) is 0 Å². The summed E-state index contributed by atoms with van der Waals surface area (Å²) >= 11 is 9.75. The van der Waals surface area contributed by atoms with Gasteiger partial charge in [0.25, 0.3) is 5.91 Å². The van der Waals surface area contributed by atoms with Gasteiger partial charge < -0.3 is 14.5 Å². The molecule has 2 aromatic carbocycles. The number of nitrogens with zero attached hydrogens (tertiary/aromatic N) is 2. The molecule has 0 spiro atoms. The second kappa shape index (κ2) is 11.4. The van der Waals surface area contributed by atoms with Gasteiger partial charge in [0.1, 0.15) is 5.75 Å². The molecular formula is C24H28BrClF2N2O2. The molecule has 2 aromatic rings. The van der Waals surface area contributed by atoms with Gasteiger partial charge in [-0.05, 0) is 92.2 Å². The average Bonchev–Trinajstić information content (AvgIpc) is 2.74. The van der Waals surface area contributed by atoms with Crippen LogP contribution < -0.4 is 4.74 Å². The molecule has 1 fully saturated rings. The first-order valence-corrected chi connectivity index (χ1v) is 11.8. The van der Waals surface area contributed by atoms with Crippen LogP contribution >= 0.6 is 27.5 Å². The number of hydrogen-bond acceptors (Lipinski definition) is 3. The Morgan fingerprint density at radius 2 is 1.94 bits per heavy atom. The molecule has 0 radical (unpaired) electrons. The van der Waals surface area contributed by atoms with Gasteiger partial charge in [0.05, 0.1) is 0 Å². The Bertz CT molecular complexity index is 934. The van der Waals surface area contributed by atoms with Crippen LogP contribution in [0.25, 0.3) is 0 Å². The van der Waals surface area contributed by atoms with Gasteiger partial charge in [-0.1, -0.05) is 27.5 Å². The summed E-state index contributed by atoms with van der Waals surface area (Å²) in [5.74, 6) is 0.646. The first-order chi connectivity index (χ1) is 15.2. The number of ether oxygens (including phenoxy) is 1. The Labute approximate surface area is 201 Å². The van der Waals surface area contributed by atoms with Crippen LogP contribution in [0, 0.1) is 5.92 Å². The summed E-state index contributed by atoms with van der Waals surface area (Å²) in [5.41, 5.74) is 2.67. The average molecular weight is 530 g/mol. The van der Waals surface area contributed by atoms with Gasteiger partial charge in [0.15, 0.2) is 0 Å². The third kappa shape index (κ3) is 7.15. The summed E-state index contributed by atoms with van der Waals surface area (Å²) < 4.78 is 30.5. The van der Waals surface area contributed by atoms with E-state index in [4.69, 9.17) is 11.6 Å². The Balaban J connectivity index is 1.51. The van der Waals surface area contributed by atoms with E-state index in [1.165, 1.54) is 0 Å². The van der Waals surface area contributed by atoms with Crippen LogP contribution in [0.2, 0.25) is 5.02 Å². The van der Waals surface area contributed by atoms with Crippen molar-refractivity contribution >= 4 is 33.4 Å². The second-order valence-corrected chi connectivity index (χ2v) is 9.71. The molecule has 0 atom stereocenters. The van der Waals surface area contributed by atoms with Gasteiger partial charge in [-0.3, -0.25) is 4.79 Å². The fourth-order valence-electron chi connectivity index (χ4n) is 4.07. The highest BCUT2D eigenvalue weighted by atomic mass is 79.9. The van der Waals surface area contributed by atoms with Crippen molar-refractivity contribution in [3.8, 4) is 5.75 Å². The number of piperidine rings is 1. The lowest BCUT2D eigenvalue weighted by molar-refractivity contribution is -0.0499. The number of amides is 1. The van der Waals surface area contributed by atoms with E-state index in [9.17, 15) is 13.6 Å². The summed E-state index contributed by atoms with van der Waals surface area (Å²) in [6, 6.07) is 10.6. The van der Waals surface area contributed by atoms with Crippen LogP contribution in [0.4, 0.5) is 8.78 Å². The van der Waals surface area contributed by atoms with Crippen LogP contribution in [-0.2, 0) is 12.8 Å². The minimum absolute atomic E-state index is 0.0521. The Morgan fingerprint density at radius 1 is 1.22 bits per heavy atom. The largest absolute Gasteiger partial charge is 0.435 e. The topological polar surface area (TPSA) is 32.8 Å². The third-order valence-electron chi connectivity index (χ3n) is 5.79. The van der Waals surface area contributed by atoms with Crippen LogP contribution in [0.15, 0.2) is 40.9 Å². The van der Waals surface area contributed by atoms with Crippen LogP contribution in [0.1, 0.15) is 34.3 Å². The Hall–Kier alpha value is -1.70. The highest BCUT2D eigenvalue weighted by Crippen LogP contribution is 2.29. The predicted molar refractivity (Wildman–Crippen MR) is 127 cm³/mol. The lowest BCUT2D eigenvalue weighted by atomic mass is 9.90. The Morgan fingerprint density at radius 3 is 2.59 bits per heavy atom. The number of alkyl halides is 2. The molecule has 174 valence electrons. The van der Waals surface area contributed by atoms with Crippen molar-refractivity contribution in [1.29, 1.82) is 0 Å². The molecule has 0 saturated carbocycles. The molecule has 32 heavy (non-hydrogen) atoms. The molecule has 3 rings (SSSR count). The van der Waals surface area contributed by atoms with E-state index >= 15 is 0 Å². The van der Waals surface area contributed by atoms with Crippen molar-refractivity contribution < 1.29 is 18.3 Å². The molecule has 1 saturated heterocycles. The number of halogens is 4. The summed E-state index contributed by atoms with van der Waals surface area (Å²) in [7, 11) is 3.46. The van der Waals surface area contributed by atoms with Crippen molar-refractivity contribution in [3.05, 3.63) is 62.6 Å². The van der Waals surface area contributed by atoms with E-state index in [0.29, 0.717) is 16.5 Å². The molecule has 1 aliphatic rings. The first kappa shape index (κ1) is 24.9. The van der Waals surface area contributed by atoms with Gasteiger partial charge in [-0.2, -0.15) is 8.78 Å². The zero-order valence-electron chi connectivity index (χ0n) is 18.3. The van der Waals surface area contributed by atoms with Gasteiger partial charge in [-0.25, -0.2) is 0 Å². The molecular weight excluding hydrogens is 502 g/mol. The van der Waals surface area contributed by atoms with E-state index in [2.05, 4.69) is 25.6 Å². The number of benzene rings is 2. The number of hydrogen-bond donors (Lipinski definition) is 0. The summed E-state index contributed by atoms with van der Waals surface area (Å²) in [5, 5.41) is 0.579. The van der Waals surface area contributed by atoms with E-state index in [1.807, 2.05) is 12.1 Å². The maximum Gasteiger partial charge on any atom is 0.387 e. The molecule has 4 nitrogen and oxygen atoms in total. The fourth-order valence-corrected chi connectivity index (χ4v) is 4.74. The quantitative estimate of drug-likeness (QED) is 0.427. The highest BCUT2D eigenvalue weighted by molar-refractivity contribution is 9.10. The molecule has 0 aromatic heterocycles. The van der Waals surface area contributed by atoms with E-state index in [1.54, 1.807) is 43.3 Å². The van der Waals surface area contributed by atoms with Crippen LogP contribution in [0.3, 0.4) is 0 Å². The summed E-state index contributed by atoms with van der Waals surface area (Å²) in [4.78, 5) is 16.2. The number of carbonyl (C=O) groups is 1. The van der Waals surface area contributed by atoms with Gasteiger partial charge >= 0.3 is 6.61 Å².